The van der Waals surface area contributed by atoms with Crippen LogP contribution < -0.4 is 10.6 Å². The van der Waals surface area contributed by atoms with E-state index in [1.165, 1.54) is 20.9 Å². The van der Waals surface area contributed by atoms with Crippen LogP contribution in [0.1, 0.15) is 34.7 Å². The Morgan fingerprint density at radius 3 is 2.50 bits per heavy atom. The van der Waals surface area contributed by atoms with Gasteiger partial charge in [0.05, 0.1) is 6.54 Å². The van der Waals surface area contributed by atoms with Gasteiger partial charge in [-0.1, -0.05) is 24.3 Å². The molecule has 2 aromatic rings. The van der Waals surface area contributed by atoms with Crippen molar-refractivity contribution in [3.05, 3.63) is 57.3 Å². The van der Waals surface area contributed by atoms with Gasteiger partial charge in [0.2, 0.25) is 0 Å². The first kappa shape index (κ1) is 20.5. The van der Waals surface area contributed by atoms with Gasteiger partial charge in [0.15, 0.2) is 5.96 Å². The lowest BCUT2D eigenvalue weighted by molar-refractivity contribution is 0.401. The van der Waals surface area contributed by atoms with Crippen LogP contribution in [0.5, 0.6) is 0 Å². The zero-order valence-electron chi connectivity index (χ0n) is 16.7. The average Bonchev–Trinajstić information content (AvgIpc) is 2.98. The van der Waals surface area contributed by atoms with Gasteiger partial charge < -0.3 is 15.5 Å². The summed E-state index contributed by atoms with van der Waals surface area (Å²) < 4.78 is 0. The molecule has 1 heterocycles. The van der Waals surface area contributed by atoms with Crippen LogP contribution in [0.15, 0.2) is 41.4 Å². The molecule has 1 unspecified atom stereocenters. The van der Waals surface area contributed by atoms with Crippen LogP contribution in [0.3, 0.4) is 0 Å². The Kier molecular flexibility index (Phi) is 8.13. The summed E-state index contributed by atoms with van der Waals surface area (Å²) in [6.45, 7) is 8.94. The molecule has 0 radical (unpaired) electrons. The largest absolute Gasteiger partial charge is 0.357 e. The number of nitrogens with one attached hydrogen (secondary N) is 2. The van der Waals surface area contributed by atoms with Crippen LogP contribution >= 0.6 is 11.3 Å². The molecule has 4 nitrogen and oxygen atoms in total. The second-order valence-corrected chi connectivity index (χ2v) is 8.34. The molecule has 0 amide bonds. The van der Waals surface area contributed by atoms with Gasteiger partial charge in [-0.25, -0.2) is 4.99 Å². The van der Waals surface area contributed by atoms with E-state index in [1.54, 1.807) is 0 Å². The van der Waals surface area contributed by atoms with Crippen molar-refractivity contribution in [2.45, 2.75) is 46.3 Å². The number of thiophene rings is 1. The third-order valence-corrected chi connectivity index (χ3v) is 5.07. The quantitative estimate of drug-likeness (QED) is 0.547. The fourth-order valence-electron chi connectivity index (χ4n) is 2.87. The lowest BCUT2D eigenvalue weighted by Gasteiger charge is -2.18. The van der Waals surface area contributed by atoms with E-state index >= 15 is 0 Å². The fourth-order valence-corrected chi connectivity index (χ4v) is 3.89. The maximum Gasteiger partial charge on any atom is 0.191 e. The number of nitrogens with zero attached hydrogens (tertiary/aromatic N) is 2. The molecule has 0 aliphatic rings. The number of benzene rings is 1. The van der Waals surface area contributed by atoms with Crippen LogP contribution in [-0.4, -0.2) is 37.5 Å². The van der Waals surface area contributed by atoms with Gasteiger partial charge in [0, 0.05) is 35.3 Å². The number of hydrogen-bond acceptors (Lipinski definition) is 3. The summed E-state index contributed by atoms with van der Waals surface area (Å²) in [6.07, 6.45) is 1.01. The van der Waals surface area contributed by atoms with E-state index in [4.69, 9.17) is 4.99 Å². The second-order valence-electron chi connectivity index (χ2n) is 6.96. The Morgan fingerprint density at radius 1 is 1.15 bits per heavy atom. The van der Waals surface area contributed by atoms with E-state index in [0.717, 1.165) is 25.5 Å². The first-order valence-corrected chi connectivity index (χ1v) is 10.1. The Hall–Kier alpha value is -1.85. The molecule has 0 aliphatic carbocycles. The summed E-state index contributed by atoms with van der Waals surface area (Å²) >= 11 is 1.87. The summed E-state index contributed by atoms with van der Waals surface area (Å²) in [4.78, 5) is 9.79. The van der Waals surface area contributed by atoms with Crippen molar-refractivity contribution < 1.29 is 0 Å². The molecule has 0 saturated heterocycles. The highest BCUT2D eigenvalue weighted by molar-refractivity contribution is 7.11. The molecule has 1 aromatic heterocycles. The van der Waals surface area contributed by atoms with Gasteiger partial charge in [-0.3, -0.25) is 0 Å². The molecule has 0 saturated carbocycles. The lowest BCUT2D eigenvalue weighted by Crippen LogP contribution is -2.43. The van der Waals surface area contributed by atoms with Crippen LogP contribution in [0, 0.1) is 6.92 Å². The van der Waals surface area contributed by atoms with E-state index in [-0.39, 0.29) is 0 Å². The monoisotopic (exact) mass is 372 g/mol. The highest BCUT2D eigenvalue weighted by Crippen LogP contribution is 2.16. The van der Waals surface area contributed by atoms with Crippen molar-refractivity contribution in [2.75, 3.05) is 20.6 Å². The van der Waals surface area contributed by atoms with Crippen LogP contribution in [0.4, 0.5) is 0 Å². The number of rotatable bonds is 8. The standard InChI is InChI=1S/C21H32N4S/c1-6-22-21(24-16(2)13-20-12-11-17(3)26-20)23-14-18-9-7-8-10-19(18)15-25(4)5/h7-12,16H,6,13-15H2,1-5H3,(H2,22,23,24). The summed E-state index contributed by atoms with van der Waals surface area (Å²) in [6, 6.07) is 13.3. The third-order valence-electron chi connectivity index (χ3n) is 4.04. The summed E-state index contributed by atoms with van der Waals surface area (Å²) in [7, 11) is 4.19. The zero-order valence-corrected chi connectivity index (χ0v) is 17.5. The summed E-state index contributed by atoms with van der Waals surface area (Å²) in [5.74, 6) is 0.882. The van der Waals surface area contributed by atoms with Gasteiger partial charge >= 0.3 is 0 Å². The van der Waals surface area contributed by atoms with Gasteiger partial charge in [0.25, 0.3) is 0 Å². The molecule has 0 bridgehead atoms. The smallest absolute Gasteiger partial charge is 0.191 e. The van der Waals surface area contributed by atoms with Gasteiger partial charge in [-0.05, 0) is 58.1 Å². The minimum absolute atomic E-state index is 0.336. The minimum atomic E-state index is 0.336. The molecule has 2 N–H and O–H groups in total. The summed E-state index contributed by atoms with van der Waals surface area (Å²) in [5.41, 5.74) is 2.61. The van der Waals surface area contributed by atoms with Gasteiger partial charge in [0.1, 0.15) is 0 Å². The van der Waals surface area contributed by atoms with Crippen LogP contribution in [-0.2, 0) is 19.5 Å². The average molecular weight is 373 g/mol. The maximum absolute atomic E-state index is 4.82. The highest BCUT2D eigenvalue weighted by atomic mass is 32.1. The van der Waals surface area contributed by atoms with E-state index in [1.807, 2.05) is 11.3 Å². The van der Waals surface area contributed by atoms with Crippen LogP contribution in [0.2, 0.25) is 0 Å². The number of guanidine groups is 1. The zero-order chi connectivity index (χ0) is 18.9. The van der Waals surface area contributed by atoms with E-state index < -0.39 is 0 Å². The SMILES string of the molecule is CCNC(=NCc1ccccc1CN(C)C)NC(C)Cc1ccc(C)s1. The minimum Gasteiger partial charge on any atom is -0.357 e. The van der Waals surface area contributed by atoms with Crippen molar-refractivity contribution >= 4 is 17.3 Å². The number of hydrogen-bond donors (Lipinski definition) is 2. The predicted octanol–water partition coefficient (Wildman–Crippen LogP) is 3.80. The van der Waals surface area contributed by atoms with Crippen LogP contribution in [0.25, 0.3) is 0 Å². The lowest BCUT2D eigenvalue weighted by atomic mass is 10.1. The number of aryl methyl sites for hydroxylation is 1. The Labute approximate surface area is 162 Å². The molecule has 1 aromatic carbocycles. The first-order valence-electron chi connectivity index (χ1n) is 9.29. The molecule has 0 aliphatic heterocycles. The summed E-state index contributed by atoms with van der Waals surface area (Å²) in [5, 5.41) is 6.91. The number of aliphatic imine (C=N–C) groups is 1. The van der Waals surface area contributed by atoms with E-state index in [2.05, 4.69) is 86.8 Å². The van der Waals surface area contributed by atoms with E-state index in [0.29, 0.717) is 12.6 Å². The molecule has 0 spiro atoms. The van der Waals surface area contributed by atoms with Crippen molar-refractivity contribution in [3.8, 4) is 0 Å². The Morgan fingerprint density at radius 2 is 1.88 bits per heavy atom. The van der Waals surface area contributed by atoms with Crippen molar-refractivity contribution in [1.29, 1.82) is 0 Å². The van der Waals surface area contributed by atoms with Gasteiger partial charge in [-0.15, -0.1) is 11.3 Å². The normalized spacial score (nSPS) is 13.1. The topological polar surface area (TPSA) is 39.7 Å². The Bertz CT molecular complexity index is 706. The predicted molar refractivity (Wildman–Crippen MR) is 114 cm³/mol. The Balaban J connectivity index is 2.02. The van der Waals surface area contributed by atoms with Crippen molar-refractivity contribution in [3.63, 3.8) is 0 Å². The molecule has 142 valence electrons. The van der Waals surface area contributed by atoms with Gasteiger partial charge in [-0.2, -0.15) is 0 Å². The molecule has 1 atom stereocenters. The molecule has 5 heteroatoms. The molecular formula is C21H32N4S. The third kappa shape index (κ3) is 6.81. The maximum atomic E-state index is 4.82. The van der Waals surface area contributed by atoms with E-state index in [9.17, 15) is 0 Å². The highest BCUT2D eigenvalue weighted by Gasteiger charge is 2.08. The van der Waals surface area contributed by atoms with Crippen molar-refractivity contribution in [2.24, 2.45) is 4.99 Å². The second kappa shape index (κ2) is 10.3. The molecular weight excluding hydrogens is 340 g/mol. The first-order chi connectivity index (χ1) is 12.5. The molecule has 0 fully saturated rings. The fraction of sp³-hybridized carbons (Fsp3) is 0.476. The van der Waals surface area contributed by atoms with Crippen molar-refractivity contribution in [1.82, 2.24) is 15.5 Å². The molecule has 26 heavy (non-hydrogen) atoms. The molecule has 2 rings (SSSR count).